The van der Waals surface area contributed by atoms with Gasteiger partial charge in [-0.2, -0.15) is 13.2 Å². The standard InChI is InChI=1S/C12H14BrF3N2/c1-17-4-6-18(7-5-17)11-3-2-9(13)8-10(11)12(14,15)16/h2-3,8H,4-7H2,1H3. The van der Waals surface area contributed by atoms with Crippen LogP contribution in [0.3, 0.4) is 0 Å². The number of likely N-dealkylation sites (N-methyl/N-ethyl adjacent to an activating group) is 1. The Labute approximate surface area is 112 Å². The fraction of sp³-hybridized carbons (Fsp3) is 0.500. The van der Waals surface area contributed by atoms with E-state index in [-0.39, 0.29) is 5.69 Å². The molecule has 18 heavy (non-hydrogen) atoms. The fourth-order valence-corrected chi connectivity index (χ4v) is 2.42. The van der Waals surface area contributed by atoms with Crippen LogP contribution in [0.2, 0.25) is 0 Å². The van der Waals surface area contributed by atoms with Crippen molar-refractivity contribution < 1.29 is 13.2 Å². The summed E-state index contributed by atoms with van der Waals surface area (Å²) in [5.41, 5.74) is -0.291. The van der Waals surface area contributed by atoms with Gasteiger partial charge in [0.15, 0.2) is 0 Å². The Morgan fingerprint density at radius 1 is 1.11 bits per heavy atom. The zero-order valence-corrected chi connectivity index (χ0v) is 11.6. The lowest BCUT2D eigenvalue weighted by Crippen LogP contribution is -2.45. The van der Waals surface area contributed by atoms with Crippen LogP contribution in [0.5, 0.6) is 0 Å². The third-order valence-corrected chi connectivity index (χ3v) is 3.60. The number of benzene rings is 1. The first-order chi connectivity index (χ1) is 8.38. The van der Waals surface area contributed by atoms with Gasteiger partial charge < -0.3 is 9.80 Å². The third kappa shape index (κ3) is 2.98. The summed E-state index contributed by atoms with van der Waals surface area (Å²) in [4.78, 5) is 3.91. The van der Waals surface area contributed by atoms with Crippen LogP contribution >= 0.6 is 15.9 Å². The molecule has 100 valence electrons. The average Bonchev–Trinajstić information content (AvgIpc) is 2.29. The summed E-state index contributed by atoms with van der Waals surface area (Å²) in [7, 11) is 1.98. The van der Waals surface area contributed by atoms with Crippen molar-refractivity contribution in [3.05, 3.63) is 28.2 Å². The van der Waals surface area contributed by atoms with Crippen LogP contribution in [0.4, 0.5) is 18.9 Å². The number of alkyl halides is 3. The summed E-state index contributed by atoms with van der Waals surface area (Å²) in [5, 5.41) is 0. The first-order valence-corrected chi connectivity index (χ1v) is 6.47. The molecule has 1 aliphatic rings. The maximum absolute atomic E-state index is 13.0. The largest absolute Gasteiger partial charge is 0.418 e. The van der Waals surface area contributed by atoms with Crippen LogP contribution in [0.15, 0.2) is 22.7 Å². The second-order valence-corrected chi connectivity index (χ2v) is 5.37. The quantitative estimate of drug-likeness (QED) is 0.783. The molecule has 1 aromatic rings. The van der Waals surface area contributed by atoms with E-state index in [2.05, 4.69) is 20.8 Å². The Kier molecular flexibility index (Phi) is 3.87. The van der Waals surface area contributed by atoms with E-state index in [1.165, 1.54) is 6.07 Å². The van der Waals surface area contributed by atoms with Crippen molar-refractivity contribution in [2.24, 2.45) is 0 Å². The van der Waals surface area contributed by atoms with Gasteiger partial charge in [0.2, 0.25) is 0 Å². The van der Waals surface area contributed by atoms with Crippen LogP contribution < -0.4 is 4.90 Å². The number of hydrogen-bond acceptors (Lipinski definition) is 2. The molecule has 6 heteroatoms. The number of halogens is 4. The minimum absolute atomic E-state index is 0.277. The van der Waals surface area contributed by atoms with Crippen LogP contribution in [0.1, 0.15) is 5.56 Å². The molecule has 0 N–H and O–H groups in total. The molecular formula is C12H14BrF3N2. The van der Waals surface area contributed by atoms with Crippen LogP contribution in [-0.4, -0.2) is 38.1 Å². The molecule has 2 rings (SSSR count). The van der Waals surface area contributed by atoms with Crippen molar-refractivity contribution in [2.45, 2.75) is 6.18 Å². The molecule has 0 saturated carbocycles. The van der Waals surface area contributed by atoms with Crippen LogP contribution in [-0.2, 0) is 6.18 Å². The Bertz CT molecular complexity index is 426. The second kappa shape index (κ2) is 5.09. The highest BCUT2D eigenvalue weighted by molar-refractivity contribution is 9.10. The van der Waals surface area contributed by atoms with Gasteiger partial charge in [0.05, 0.1) is 5.56 Å². The summed E-state index contributed by atoms with van der Waals surface area (Å²) in [5.74, 6) is 0. The number of anilines is 1. The van der Waals surface area contributed by atoms with Crippen LogP contribution in [0, 0.1) is 0 Å². The molecule has 0 amide bonds. The van der Waals surface area contributed by atoms with Gasteiger partial charge in [0, 0.05) is 36.3 Å². The maximum atomic E-state index is 13.0. The number of rotatable bonds is 1. The van der Waals surface area contributed by atoms with Gasteiger partial charge in [-0.25, -0.2) is 0 Å². The van der Waals surface area contributed by atoms with Crippen molar-refractivity contribution in [1.82, 2.24) is 4.90 Å². The molecule has 1 saturated heterocycles. The second-order valence-electron chi connectivity index (χ2n) is 4.45. The van der Waals surface area contributed by atoms with Crippen LogP contribution in [0.25, 0.3) is 0 Å². The molecule has 0 unspecified atom stereocenters. The molecule has 0 aliphatic carbocycles. The monoisotopic (exact) mass is 322 g/mol. The Morgan fingerprint density at radius 2 is 1.72 bits per heavy atom. The number of nitrogens with zero attached hydrogens (tertiary/aromatic N) is 2. The normalized spacial score (nSPS) is 18.2. The summed E-state index contributed by atoms with van der Waals surface area (Å²) in [6, 6.07) is 4.34. The van der Waals surface area contributed by atoms with E-state index in [1.807, 2.05) is 7.05 Å². The Morgan fingerprint density at radius 3 is 2.28 bits per heavy atom. The van der Waals surface area contributed by atoms with E-state index in [0.29, 0.717) is 17.6 Å². The van der Waals surface area contributed by atoms with Crippen molar-refractivity contribution in [1.29, 1.82) is 0 Å². The molecule has 0 bridgehead atoms. The Balaban J connectivity index is 2.32. The molecule has 0 spiro atoms. The van der Waals surface area contributed by atoms with Gasteiger partial charge in [-0.1, -0.05) is 15.9 Å². The number of hydrogen-bond donors (Lipinski definition) is 0. The highest BCUT2D eigenvalue weighted by atomic mass is 79.9. The van der Waals surface area contributed by atoms with Gasteiger partial charge in [-0.3, -0.25) is 0 Å². The van der Waals surface area contributed by atoms with E-state index in [0.717, 1.165) is 19.2 Å². The van der Waals surface area contributed by atoms with Gasteiger partial charge in [-0.15, -0.1) is 0 Å². The summed E-state index contributed by atoms with van der Waals surface area (Å²) >= 11 is 3.10. The van der Waals surface area contributed by atoms with E-state index in [4.69, 9.17) is 0 Å². The highest BCUT2D eigenvalue weighted by Crippen LogP contribution is 2.38. The molecule has 0 radical (unpaired) electrons. The molecule has 1 fully saturated rings. The summed E-state index contributed by atoms with van der Waals surface area (Å²) < 4.78 is 39.5. The van der Waals surface area contributed by atoms with Gasteiger partial charge >= 0.3 is 6.18 Å². The first kappa shape index (κ1) is 13.7. The molecular weight excluding hydrogens is 309 g/mol. The molecule has 0 aromatic heterocycles. The van der Waals surface area contributed by atoms with Gasteiger partial charge in [0.1, 0.15) is 0 Å². The Hall–Kier alpha value is -0.750. The summed E-state index contributed by atoms with van der Waals surface area (Å²) in [6.45, 7) is 2.82. The van der Waals surface area contributed by atoms with Gasteiger partial charge in [0.25, 0.3) is 0 Å². The predicted octanol–water partition coefficient (Wildman–Crippen LogP) is 3.22. The predicted molar refractivity (Wildman–Crippen MR) is 68.9 cm³/mol. The minimum atomic E-state index is -4.32. The molecule has 2 nitrogen and oxygen atoms in total. The molecule has 0 atom stereocenters. The molecule has 1 aromatic carbocycles. The van der Waals surface area contributed by atoms with E-state index in [1.54, 1.807) is 11.0 Å². The smallest absolute Gasteiger partial charge is 0.368 e. The molecule has 1 aliphatic heterocycles. The lowest BCUT2D eigenvalue weighted by Gasteiger charge is -2.35. The van der Waals surface area contributed by atoms with Crippen molar-refractivity contribution >= 4 is 21.6 Å². The zero-order valence-electron chi connectivity index (χ0n) is 9.97. The first-order valence-electron chi connectivity index (χ1n) is 5.68. The van der Waals surface area contributed by atoms with E-state index < -0.39 is 11.7 Å². The summed E-state index contributed by atoms with van der Waals surface area (Å²) in [6.07, 6.45) is -4.32. The third-order valence-electron chi connectivity index (χ3n) is 3.11. The van der Waals surface area contributed by atoms with Crippen molar-refractivity contribution in [2.75, 3.05) is 38.1 Å². The maximum Gasteiger partial charge on any atom is 0.418 e. The molecule has 1 heterocycles. The minimum Gasteiger partial charge on any atom is -0.368 e. The SMILES string of the molecule is CN1CCN(c2ccc(Br)cc2C(F)(F)F)CC1. The number of piperazine rings is 1. The van der Waals surface area contributed by atoms with Crippen molar-refractivity contribution in [3.63, 3.8) is 0 Å². The average molecular weight is 323 g/mol. The zero-order chi connectivity index (χ0) is 13.3. The van der Waals surface area contributed by atoms with E-state index >= 15 is 0 Å². The lowest BCUT2D eigenvalue weighted by molar-refractivity contribution is -0.137. The van der Waals surface area contributed by atoms with Gasteiger partial charge in [-0.05, 0) is 25.2 Å². The highest BCUT2D eigenvalue weighted by Gasteiger charge is 2.35. The van der Waals surface area contributed by atoms with E-state index in [9.17, 15) is 13.2 Å². The van der Waals surface area contributed by atoms with Crippen molar-refractivity contribution in [3.8, 4) is 0 Å². The fourth-order valence-electron chi connectivity index (χ4n) is 2.06. The lowest BCUT2D eigenvalue weighted by atomic mass is 10.1. The topological polar surface area (TPSA) is 6.48 Å².